The minimum absolute atomic E-state index is 0.291. The molecule has 0 amide bonds. The molecule has 1 fully saturated rings. The van der Waals surface area contributed by atoms with Crippen LogP contribution in [-0.4, -0.2) is 50.8 Å². The number of benzene rings is 1. The second-order valence-corrected chi connectivity index (χ2v) is 6.51. The highest BCUT2D eigenvalue weighted by molar-refractivity contribution is 5.60. The first-order valence-electron chi connectivity index (χ1n) is 8.68. The summed E-state index contributed by atoms with van der Waals surface area (Å²) in [4.78, 5) is 0. The Labute approximate surface area is 149 Å². The lowest BCUT2D eigenvalue weighted by molar-refractivity contribution is 0.0385. The quantitative estimate of drug-likeness (QED) is 0.642. The molecule has 4 rings (SSSR count). The molecule has 0 aliphatic heterocycles. The molecular formula is C18H20FN5O2. The van der Waals surface area contributed by atoms with Gasteiger partial charge in [0, 0.05) is 13.2 Å². The molecule has 1 saturated carbocycles. The number of hydrogen-bond donors (Lipinski definition) is 2. The fourth-order valence-electron chi connectivity index (χ4n) is 2.63. The molecular weight excluding hydrogens is 337 g/mol. The van der Waals surface area contributed by atoms with Crippen molar-refractivity contribution in [2.24, 2.45) is 5.92 Å². The van der Waals surface area contributed by atoms with E-state index in [2.05, 4.69) is 20.6 Å². The Morgan fingerprint density at radius 3 is 2.88 bits per heavy atom. The Balaban J connectivity index is 1.44. The van der Waals surface area contributed by atoms with Gasteiger partial charge in [-0.05, 0) is 43.0 Å². The summed E-state index contributed by atoms with van der Waals surface area (Å²) in [7, 11) is 0. The number of fused-ring (bicyclic) bond motifs is 1. The van der Waals surface area contributed by atoms with Crippen molar-refractivity contribution < 1.29 is 14.2 Å². The highest BCUT2D eigenvalue weighted by atomic mass is 19.1. The lowest BCUT2D eigenvalue weighted by Gasteiger charge is -2.12. The Hall–Kier alpha value is -2.58. The van der Waals surface area contributed by atoms with E-state index in [0.29, 0.717) is 48.5 Å². The Bertz CT molecular complexity index is 896. The van der Waals surface area contributed by atoms with E-state index < -0.39 is 6.10 Å². The first kappa shape index (κ1) is 16.9. The van der Waals surface area contributed by atoms with Crippen molar-refractivity contribution >= 4 is 11.5 Å². The van der Waals surface area contributed by atoms with Crippen molar-refractivity contribution in [1.29, 1.82) is 0 Å². The van der Waals surface area contributed by atoms with E-state index in [9.17, 15) is 9.50 Å². The first-order chi connectivity index (χ1) is 12.7. The van der Waals surface area contributed by atoms with Gasteiger partial charge in [0.1, 0.15) is 11.6 Å². The number of halogens is 1. The van der Waals surface area contributed by atoms with Crippen LogP contribution in [0.2, 0.25) is 0 Å². The lowest BCUT2D eigenvalue weighted by atomic mass is 10.2. The van der Waals surface area contributed by atoms with Crippen molar-refractivity contribution in [3.05, 3.63) is 42.2 Å². The van der Waals surface area contributed by atoms with Gasteiger partial charge in [-0.3, -0.25) is 0 Å². The molecule has 7 nitrogen and oxygen atoms in total. The SMILES string of the molecule is OC(CNc1ccc2nnc(-c3ccccc3F)n2n1)COCC1CC1. The number of nitrogens with one attached hydrogen (secondary N) is 1. The molecule has 3 aromatic rings. The fourth-order valence-corrected chi connectivity index (χ4v) is 2.63. The summed E-state index contributed by atoms with van der Waals surface area (Å²) in [6.45, 7) is 1.31. The number of aromatic nitrogens is 4. The topological polar surface area (TPSA) is 84.6 Å². The summed E-state index contributed by atoms with van der Waals surface area (Å²) in [5.41, 5.74) is 0.847. The van der Waals surface area contributed by atoms with E-state index in [4.69, 9.17) is 4.74 Å². The van der Waals surface area contributed by atoms with Gasteiger partial charge in [-0.15, -0.1) is 15.3 Å². The zero-order valence-corrected chi connectivity index (χ0v) is 14.2. The van der Waals surface area contributed by atoms with Crippen LogP contribution < -0.4 is 5.32 Å². The monoisotopic (exact) mass is 357 g/mol. The average Bonchev–Trinajstić information content (AvgIpc) is 3.38. The van der Waals surface area contributed by atoms with Gasteiger partial charge < -0.3 is 15.2 Å². The van der Waals surface area contributed by atoms with Crippen molar-refractivity contribution in [3.63, 3.8) is 0 Å². The van der Waals surface area contributed by atoms with E-state index in [1.54, 1.807) is 30.3 Å². The number of aliphatic hydroxyl groups is 1. The maximum absolute atomic E-state index is 14.0. The molecule has 8 heteroatoms. The van der Waals surface area contributed by atoms with Gasteiger partial charge in [-0.25, -0.2) is 4.39 Å². The molecule has 0 radical (unpaired) electrons. The second-order valence-electron chi connectivity index (χ2n) is 6.51. The van der Waals surface area contributed by atoms with Gasteiger partial charge in [0.05, 0.1) is 18.3 Å². The molecule has 0 bridgehead atoms. The molecule has 1 atom stereocenters. The maximum Gasteiger partial charge on any atom is 0.188 e. The third-order valence-corrected chi connectivity index (χ3v) is 4.26. The predicted octanol–water partition coefficient (Wildman–Crippen LogP) is 2.13. The third kappa shape index (κ3) is 3.81. The minimum atomic E-state index is -0.627. The highest BCUT2D eigenvalue weighted by Crippen LogP contribution is 2.28. The van der Waals surface area contributed by atoms with Gasteiger partial charge in [-0.1, -0.05) is 12.1 Å². The van der Waals surface area contributed by atoms with Gasteiger partial charge in [0.2, 0.25) is 0 Å². The maximum atomic E-state index is 14.0. The summed E-state index contributed by atoms with van der Waals surface area (Å²) in [6, 6.07) is 9.84. The van der Waals surface area contributed by atoms with Gasteiger partial charge in [0.25, 0.3) is 0 Å². The molecule has 2 N–H and O–H groups in total. The molecule has 136 valence electrons. The average molecular weight is 357 g/mol. The first-order valence-corrected chi connectivity index (χ1v) is 8.68. The highest BCUT2D eigenvalue weighted by Gasteiger charge is 2.21. The minimum Gasteiger partial charge on any atom is -0.389 e. The van der Waals surface area contributed by atoms with Crippen LogP contribution in [0.15, 0.2) is 36.4 Å². The van der Waals surface area contributed by atoms with Gasteiger partial charge >= 0.3 is 0 Å². The number of anilines is 1. The number of aliphatic hydroxyl groups excluding tert-OH is 1. The fraction of sp³-hybridized carbons (Fsp3) is 0.389. The van der Waals surface area contributed by atoms with E-state index in [0.717, 1.165) is 0 Å². The summed E-state index contributed by atoms with van der Waals surface area (Å²) >= 11 is 0. The van der Waals surface area contributed by atoms with Crippen LogP contribution in [0.4, 0.5) is 10.2 Å². The van der Waals surface area contributed by atoms with Crippen molar-refractivity contribution in [2.45, 2.75) is 18.9 Å². The van der Waals surface area contributed by atoms with Gasteiger partial charge in [0.15, 0.2) is 11.5 Å². The molecule has 0 saturated heterocycles. The molecule has 1 unspecified atom stereocenters. The smallest absolute Gasteiger partial charge is 0.188 e. The van der Waals surface area contributed by atoms with Crippen LogP contribution in [0.5, 0.6) is 0 Å². The summed E-state index contributed by atoms with van der Waals surface area (Å²) in [5.74, 6) is 1.15. The summed E-state index contributed by atoms with van der Waals surface area (Å²) < 4.78 is 21.0. The molecule has 2 aromatic heterocycles. The predicted molar refractivity (Wildman–Crippen MR) is 94.2 cm³/mol. The largest absolute Gasteiger partial charge is 0.389 e. The van der Waals surface area contributed by atoms with Crippen LogP contribution in [0.3, 0.4) is 0 Å². The molecule has 1 aliphatic carbocycles. The zero-order valence-electron chi connectivity index (χ0n) is 14.2. The zero-order chi connectivity index (χ0) is 17.9. The van der Waals surface area contributed by atoms with Gasteiger partial charge in [-0.2, -0.15) is 4.52 Å². The standard InChI is InChI=1S/C18H20FN5O2/c19-15-4-2-1-3-14(15)18-22-21-17-8-7-16(23-24(17)18)20-9-13(25)11-26-10-12-5-6-12/h1-4,7-8,12-13,25H,5-6,9-11H2,(H,20,23). The van der Waals surface area contributed by atoms with E-state index >= 15 is 0 Å². The lowest BCUT2D eigenvalue weighted by Crippen LogP contribution is -2.25. The Kier molecular flexibility index (Phi) is 4.77. The molecule has 1 aliphatic rings. The van der Waals surface area contributed by atoms with Crippen LogP contribution in [0, 0.1) is 11.7 Å². The van der Waals surface area contributed by atoms with E-state index in [1.807, 2.05) is 0 Å². The third-order valence-electron chi connectivity index (χ3n) is 4.26. The number of hydrogen-bond acceptors (Lipinski definition) is 6. The summed E-state index contributed by atoms with van der Waals surface area (Å²) in [5, 5.41) is 25.5. The van der Waals surface area contributed by atoms with Crippen LogP contribution in [0.1, 0.15) is 12.8 Å². The Morgan fingerprint density at radius 1 is 1.23 bits per heavy atom. The number of ether oxygens (including phenoxy) is 1. The normalized spacial score (nSPS) is 15.3. The molecule has 0 spiro atoms. The van der Waals surface area contributed by atoms with Crippen LogP contribution in [0.25, 0.3) is 17.0 Å². The van der Waals surface area contributed by atoms with Crippen LogP contribution in [-0.2, 0) is 4.74 Å². The summed E-state index contributed by atoms with van der Waals surface area (Å²) in [6.07, 6.45) is 1.82. The molecule has 26 heavy (non-hydrogen) atoms. The second kappa shape index (κ2) is 7.35. The van der Waals surface area contributed by atoms with Crippen molar-refractivity contribution in [1.82, 2.24) is 19.8 Å². The van der Waals surface area contributed by atoms with Crippen molar-refractivity contribution in [3.8, 4) is 11.4 Å². The molecule has 1 aromatic carbocycles. The van der Waals surface area contributed by atoms with E-state index in [-0.39, 0.29) is 5.82 Å². The van der Waals surface area contributed by atoms with E-state index in [1.165, 1.54) is 23.4 Å². The number of nitrogens with zero attached hydrogens (tertiary/aromatic N) is 4. The van der Waals surface area contributed by atoms with Crippen molar-refractivity contribution in [2.75, 3.05) is 25.1 Å². The van der Waals surface area contributed by atoms with Crippen LogP contribution >= 0.6 is 0 Å². The Morgan fingerprint density at radius 2 is 2.08 bits per heavy atom. The molecule has 2 heterocycles. The number of rotatable bonds is 8.